The van der Waals surface area contributed by atoms with E-state index in [1.807, 2.05) is 33.9 Å². The van der Waals surface area contributed by atoms with Crippen LogP contribution >= 0.6 is 0 Å². The molecule has 0 radical (unpaired) electrons. The number of carbonyl (C=O) groups is 1. The van der Waals surface area contributed by atoms with Gasteiger partial charge in [0.25, 0.3) is 15.7 Å². The molecule has 0 amide bonds. The normalized spacial score (nSPS) is 25.1. The third-order valence-corrected chi connectivity index (χ3v) is 20.0. The van der Waals surface area contributed by atoms with Crippen LogP contribution in [0.3, 0.4) is 0 Å². The van der Waals surface area contributed by atoms with Crippen molar-refractivity contribution >= 4 is 32.5 Å². The Labute approximate surface area is 286 Å². The van der Waals surface area contributed by atoms with Gasteiger partial charge in [0.2, 0.25) is 0 Å². The van der Waals surface area contributed by atoms with Gasteiger partial charge in [-0.15, -0.1) is 0 Å². The number of hydrogen-bond donors (Lipinski definition) is 1. The zero-order valence-electron chi connectivity index (χ0n) is 30.8. The van der Waals surface area contributed by atoms with Gasteiger partial charge in [-0.3, -0.25) is 18.7 Å². The lowest BCUT2D eigenvalue weighted by Crippen LogP contribution is -2.59. The van der Waals surface area contributed by atoms with Crippen LogP contribution in [-0.4, -0.2) is 71.0 Å². The molecule has 1 spiro atoms. The van der Waals surface area contributed by atoms with Crippen LogP contribution in [0.25, 0.3) is 0 Å². The largest absolute Gasteiger partial charge is 0.498 e. The second-order valence-electron chi connectivity index (χ2n) is 15.9. The Kier molecular flexibility index (Phi) is 11.5. The van der Waals surface area contributed by atoms with E-state index in [9.17, 15) is 22.8 Å². The minimum Gasteiger partial charge on any atom is -0.498 e. The molecule has 0 aliphatic carbocycles. The van der Waals surface area contributed by atoms with Gasteiger partial charge in [0.05, 0.1) is 30.1 Å². The smallest absolute Gasteiger partial charge is 0.333 e. The lowest BCUT2D eigenvalue weighted by molar-refractivity contribution is -0.112. The van der Waals surface area contributed by atoms with Crippen LogP contribution in [0.1, 0.15) is 73.6 Å². The van der Waals surface area contributed by atoms with E-state index >= 15 is 0 Å². The van der Waals surface area contributed by atoms with Crippen molar-refractivity contribution in [3.63, 3.8) is 0 Å². The monoisotopic (exact) mass is 729 g/mol. The highest BCUT2D eigenvalue weighted by Crippen LogP contribution is 2.52. The summed E-state index contributed by atoms with van der Waals surface area (Å²) in [5.74, 6) is 0.270. The predicted molar refractivity (Wildman–Crippen MR) is 189 cm³/mol. The Hall–Kier alpha value is -2.35. The van der Waals surface area contributed by atoms with Crippen LogP contribution in [-0.2, 0) is 44.0 Å². The van der Waals surface area contributed by atoms with E-state index in [4.69, 9.17) is 28.2 Å². The van der Waals surface area contributed by atoms with Crippen LogP contribution in [0.4, 0.5) is 0 Å². The molecule has 4 atom stereocenters. The van der Waals surface area contributed by atoms with Crippen LogP contribution < -0.4 is 17.0 Å². The van der Waals surface area contributed by atoms with E-state index in [1.54, 1.807) is 13.8 Å². The van der Waals surface area contributed by atoms with Crippen molar-refractivity contribution in [2.75, 3.05) is 13.2 Å². The summed E-state index contributed by atoms with van der Waals surface area (Å²) >= 11 is 0. The van der Waals surface area contributed by atoms with E-state index in [2.05, 4.69) is 33.9 Å². The Morgan fingerprint density at radius 3 is 2.15 bits per heavy atom. The average Bonchev–Trinajstić information content (AvgIpc) is 3.33. The summed E-state index contributed by atoms with van der Waals surface area (Å²) in [5, 5.41) is 0.365. The second kappa shape index (κ2) is 13.8. The van der Waals surface area contributed by atoms with Crippen LogP contribution in [0.5, 0.6) is 0 Å². The molecular weight excluding hydrogens is 675 g/mol. The number of aryl methyl sites for hydroxylation is 1. The van der Waals surface area contributed by atoms with E-state index in [0.29, 0.717) is 12.2 Å². The minimum absolute atomic E-state index is 0.0170. The summed E-state index contributed by atoms with van der Waals surface area (Å²) in [5.41, 5.74) is 3.71. The van der Waals surface area contributed by atoms with Crippen molar-refractivity contribution in [3.05, 3.63) is 55.5 Å². The zero-order valence-corrected chi connectivity index (χ0v) is 33.6. The molecule has 13 nitrogen and oxygen atoms in total. The van der Waals surface area contributed by atoms with Gasteiger partial charge in [0.1, 0.15) is 12.2 Å². The molecule has 3 heterocycles. The van der Waals surface area contributed by atoms with Crippen molar-refractivity contribution in [2.45, 2.75) is 136 Å². The Morgan fingerprint density at radius 1 is 1.06 bits per heavy atom. The molecule has 0 bridgehead atoms. The molecule has 272 valence electrons. The third-order valence-electron chi connectivity index (χ3n) is 9.97. The molecule has 1 saturated heterocycles. The zero-order chi connectivity index (χ0) is 36.8. The first-order valence-electron chi connectivity index (χ1n) is 16.2. The standard InChI is InChI=1S/C32H55N3O10SSi2/c1-21-18-35(29(38)34(27(21)37)15-14-16-41-23(3)17-22(2)36)28-26(44-48(12,13)31(7,8)9)32(24(33)20-46(39,40)45-32)25(43-28)19-42-47(10,11)30(4,5)6/h17-18,20,25-26,28H,14-16,19,33H2,1-13H3/b23-17-/t25?,26-,28+,32?/m0/s1. The maximum Gasteiger partial charge on any atom is 0.333 e. The first-order chi connectivity index (χ1) is 21.7. The Balaban J connectivity index is 2.19. The lowest BCUT2D eigenvalue weighted by Gasteiger charge is -2.43. The molecule has 0 aromatic carbocycles. The number of nitrogens with zero attached hydrogens (tertiary/aromatic N) is 2. The van der Waals surface area contributed by atoms with Gasteiger partial charge in [0.15, 0.2) is 34.2 Å². The molecule has 3 rings (SSSR count). The third kappa shape index (κ3) is 8.16. The first kappa shape index (κ1) is 40.1. The van der Waals surface area contributed by atoms with Crippen molar-refractivity contribution in [1.29, 1.82) is 0 Å². The SMILES string of the molecule is CC(=O)/C=C(/C)OCCCn1c(=O)c(C)cn([C@@H]2OC(CO[Si](C)(C)C(C)(C)C)C3(OS(=O)(=O)C=C3N)[C@H]2O[Si](C)(C)C(C)(C)C)c1=O. The fraction of sp³-hybridized carbons (Fsp3) is 0.719. The van der Waals surface area contributed by atoms with Gasteiger partial charge >= 0.3 is 5.69 Å². The molecule has 2 aliphatic heterocycles. The van der Waals surface area contributed by atoms with Crippen LogP contribution in [0.15, 0.2) is 38.7 Å². The average molecular weight is 730 g/mol. The summed E-state index contributed by atoms with van der Waals surface area (Å²) in [4.78, 5) is 38.8. The number of nitrogens with two attached hydrogens (primary N) is 1. The Bertz CT molecular complexity index is 1680. The number of hydrogen-bond acceptors (Lipinski definition) is 11. The minimum atomic E-state index is -4.25. The number of ether oxygens (including phenoxy) is 2. The van der Waals surface area contributed by atoms with Gasteiger partial charge in [-0.05, 0) is 63.5 Å². The van der Waals surface area contributed by atoms with Crippen molar-refractivity contribution in [1.82, 2.24) is 9.13 Å². The highest BCUT2D eigenvalue weighted by Gasteiger charge is 2.67. The molecule has 1 aromatic heterocycles. The highest BCUT2D eigenvalue weighted by atomic mass is 32.2. The molecule has 48 heavy (non-hydrogen) atoms. The maximum absolute atomic E-state index is 14.2. The summed E-state index contributed by atoms with van der Waals surface area (Å²) in [6, 6.07) is 0. The number of aromatic nitrogens is 2. The maximum atomic E-state index is 14.2. The fourth-order valence-corrected chi connectivity index (χ4v) is 8.64. The molecule has 2 N–H and O–H groups in total. The molecule has 16 heteroatoms. The number of ketones is 1. The molecule has 2 aliphatic rings. The molecule has 0 saturated carbocycles. The summed E-state index contributed by atoms with van der Waals surface area (Å²) in [6.07, 6.45) is -0.470. The van der Waals surface area contributed by atoms with E-state index in [0.717, 1.165) is 9.98 Å². The molecule has 1 fully saturated rings. The number of rotatable bonds is 12. The topological polar surface area (TPSA) is 167 Å². The summed E-state index contributed by atoms with van der Waals surface area (Å²) in [6.45, 7) is 25.2. The first-order valence-corrected chi connectivity index (χ1v) is 23.5. The van der Waals surface area contributed by atoms with Gasteiger partial charge < -0.3 is 24.1 Å². The van der Waals surface area contributed by atoms with E-state index < -0.39 is 62.0 Å². The Morgan fingerprint density at radius 2 is 1.65 bits per heavy atom. The molecule has 2 unspecified atom stereocenters. The lowest BCUT2D eigenvalue weighted by atomic mass is 9.89. The van der Waals surface area contributed by atoms with Crippen molar-refractivity contribution in [3.8, 4) is 0 Å². The van der Waals surface area contributed by atoms with E-state index in [1.165, 1.54) is 23.8 Å². The van der Waals surface area contributed by atoms with Gasteiger partial charge in [-0.2, -0.15) is 8.42 Å². The highest BCUT2D eigenvalue weighted by molar-refractivity contribution is 7.90. The van der Waals surface area contributed by atoms with Crippen molar-refractivity contribution in [2.24, 2.45) is 5.73 Å². The van der Waals surface area contributed by atoms with Gasteiger partial charge in [-0.25, -0.2) is 8.98 Å². The van der Waals surface area contributed by atoms with E-state index in [-0.39, 0.29) is 46.9 Å². The fourth-order valence-electron chi connectivity index (χ4n) is 5.14. The van der Waals surface area contributed by atoms with Crippen LogP contribution in [0.2, 0.25) is 36.3 Å². The molecular formula is C32H55N3O10SSi2. The van der Waals surface area contributed by atoms with Crippen molar-refractivity contribution < 1.29 is 35.7 Å². The quantitative estimate of drug-likeness (QED) is 0.106. The second-order valence-corrected chi connectivity index (χ2v) is 26.8. The van der Waals surface area contributed by atoms with Gasteiger partial charge in [-0.1, -0.05) is 41.5 Å². The molecule has 1 aromatic rings. The van der Waals surface area contributed by atoms with Crippen LogP contribution in [0, 0.1) is 6.92 Å². The van der Waals surface area contributed by atoms with Gasteiger partial charge in [0, 0.05) is 24.4 Å². The summed E-state index contributed by atoms with van der Waals surface area (Å²) < 4.78 is 60.1. The summed E-state index contributed by atoms with van der Waals surface area (Å²) in [7, 11) is -9.39. The number of allylic oxidation sites excluding steroid dienone is 2. The predicted octanol–water partition coefficient (Wildman–Crippen LogP) is 4.43. The number of carbonyl (C=O) groups excluding carboxylic acids is 1.